The van der Waals surface area contributed by atoms with Gasteiger partial charge in [0.2, 0.25) is 0 Å². The SMILES string of the molecule is CC[Si](CC)(CC)c1ccccc1-n1cccc1P(C(C)(C)C)C(C)(C)C. The zero-order valence-corrected chi connectivity index (χ0v) is 21.0. The van der Waals surface area contributed by atoms with Gasteiger partial charge >= 0.3 is 0 Å². The van der Waals surface area contributed by atoms with Crippen LogP contribution in [0.4, 0.5) is 0 Å². The molecule has 0 aliphatic carbocycles. The maximum atomic E-state index is 2.54. The third kappa shape index (κ3) is 4.43. The van der Waals surface area contributed by atoms with Crippen molar-refractivity contribution in [2.24, 2.45) is 0 Å². The molecule has 3 heteroatoms. The first kappa shape index (κ1) is 22.4. The molecule has 0 bridgehead atoms. The van der Waals surface area contributed by atoms with Crippen molar-refractivity contribution in [3.8, 4) is 5.69 Å². The van der Waals surface area contributed by atoms with E-state index in [0.717, 1.165) is 0 Å². The Labute approximate surface area is 170 Å². The van der Waals surface area contributed by atoms with E-state index in [1.807, 2.05) is 0 Å². The third-order valence-electron chi connectivity index (χ3n) is 6.06. The first-order chi connectivity index (χ1) is 12.5. The van der Waals surface area contributed by atoms with E-state index in [9.17, 15) is 0 Å². The van der Waals surface area contributed by atoms with Gasteiger partial charge in [-0.2, -0.15) is 0 Å². The summed E-state index contributed by atoms with van der Waals surface area (Å²) in [7, 11) is -1.79. The number of hydrogen-bond donors (Lipinski definition) is 0. The van der Waals surface area contributed by atoms with Crippen LogP contribution >= 0.6 is 7.92 Å². The second-order valence-corrected chi connectivity index (χ2v) is 18.8. The molecule has 0 amide bonds. The fourth-order valence-electron chi connectivity index (χ4n) is 4.90. The molecule has 150 valence electrons. The molecule has 1 nitrogen and oxygen atoms in total. The lowest BCUT2D eigenvalue weighted by Crippen LogP contribution is -2.48. The van der Waals surface area contributed by atoms with Crippen molar-refractivity contribution in [3.63, 3.8) is 0 Å². The highest BCUT2D eigenvalue weighted by Gasteiger charge is 2.38. The molecule has 1 heterocycles. The number of hydrogen-bond acceptors (Lipinski definition) is 0. The Morgan fingerprint density at radius 2 is 1.30 bits per heavy atom. The first-order valence-corrected chi connectivity index (χ1v) is 14.6. The van der Waals surface area contributed by atoms with Crippen LogP contribution in [-0.4, -0.2) is 23.0 Å². The van der Waals surface area contributed by atoms with Crippen LogP contribution in [0, 0.1) is 0 Å². The van der Waals surface area contributed by atoms with Crippen LogP contribution in [0.25, 0.3) is 5.69 Å². The smallest absolute Gasteiger partial charge is 0.0886 e. The fraction of sp³-hybridized carbons (Fsp3) is 0.583. The summed E-state index contributed by atoms with van der Waals surface area (Å²) in [6.45, 7) is 21.7. The molecule has 0 atom stereocenters. The van der Waals surface area contributed by atoms with Gasteiger partial charge in [-0.05, 0) is 41.6 Å². The standard InChI is InChI=1S/C24H40NPSi/c1-10-27(11-2,12-3)21-17-14-13-16-20(21)25-19-15-18-22(25)26(23(4,5)6)24(7,8)9/h13-19H,10-12H2,1-9H3. The predicted octanol–water partition coefficient (Wildman–Crippen LogP) is 6.90. The predicted molar refractivity (Wildman–Crippen MR) is 129 cm³/mol. The van der Waals surface area contributed by atoms with E-state index in [2.05, 4.69) is 109 Å². The Hall–Kier alpha value is -0.853. The summed E-state index contributed by atoms with van der Waals surface area (Å²) in [5.41, 5.74) is 2.96. The van der Waals surface area contributed by atoms with Crippen LogP contribution < -0.4 is 10.6 Å². The van der Waals surface area contributed by atoms with E-state index in [1.165, 1.54) is 29.3 Å². The minimum absolute atomic E-state index is 0.271. The van der Waals surface area contributed by atoms with Gasteiger partial charge in [0.25, 0.3) is 0 Å². The largest absolute Gasteiger partial charge is 0.317 e. The number of nitrogens with zero attached hydrogens (tertiary/aromatic N) is 1. The van der Waals surface area contributed by atoms with Crippen LogP contribution in [-0.2, 0) is 0 Å². The van der Waals surface area contributed by atoms with Crippen molar-refractivity contribution in [1.82, 2.24) is 4.57 Å². The highest BCUT2D eigenvalue weighted by Crippen LogP contribution is 2.58. The van der Waals surface area contributed by atoms with Gasteiger partial charge in [-0.15, -0.1) is 0 Å². The highest BCUT2D eigenvalue weighted by atomic mass is 31.1. The molecule has 0 unspecified atom stereocenters. The number of aromatic nitrogens is 1. The van der Waals surface area contributed by atoms with Crippen molar-refractivity contribution in [2.75, 3.05) is 0 Å². The Balaban J connectivity index is 2.73. The van der Waals surface area contributed by atoms with Crippen molar-refractivity contribution in [1.29, 1.82) is 0 Å². The van der Waals surface area contributed by atoms with E-state index >= 15 is 0 Å². The van der Waals surface area contributed by atoms with Gasteiger partial charge < -0.3 is 4.57 Å². The zero-order chi connectivity index (χ0) is 20.5. The van der Waals surface area contributed by atoms with Gasteiger partial charge in [0.15, 0.2) is 0 Å². The molecule has 0 saturated carbocycles. The van der Waals surface area contributed by atoms with Gasteiger partial charge in [-0.25, -0.2) is 0 Å². The summed E-state index contributed by atoms with van der Waals surface area (Å²) in [5.74, 6) is 0. The summed E-state index contributed by atoms with van der Waals surface area (Å²) in [5, 5.41) is 2.19. The van der Waals surface area contributed by atoms with E-state index in [1.54, 1.807) is 5.19 Å². The van der Waals surface area contributed by atoms with E-state index < -0.39 is 8.07 Å². The maximum absolute atomic E-state index is 2.54. The number of benzene rings is 1. The summed E-state index contributed by atoms with van der Waals surface area (Å²) >= 11 is 0. The molecule has 0 aliphatic heterocycles. The van der Waals surface area contributed by atoms with E-state index in [0.29, 0.717) is 0 Å². The van der Waals surface area contributed by atoms with Crippen molar-refractivity contribution < 1.29 is 0 Å². The van der Waals surface area contributed by atoms with Crippen LogP contribution in [0.5, 0.6) is 0 Å². The topological polar surface area (TPSA) is 4.93 Å². The summed E-state index contributed by atoms with van der Waals surface area (Å²) in [6.07, 6.45) is 2.31. The Bertz CT molecular complexity index is 722. The molecule has 1 aromatic heterocycles. The molecule has 0 N–H and O–H groups in total. The molecule has 2 aromatic rings. The Morgan fingerprint density at radius 1 is 0.778 bits per heavy atom. The van der Waals surface area contributed by atoms with E-state index in [-0.39, 0.29) is 18.2 Å². The normalized spacial score (nSPS) is 13.4. The van der Waals surface area contributed by atoms with Crippen LogP contribution in [0.1, 0.15) is 62.3 Å². The van der Waals surface area contributed by atoms with Gasteiger partial charge in [0.05, 0.1) is 8.07 Å². The Morgan fingerprint density at radius 3 is 1.78 bits per heavy atom. The van der Waals surface area contributed by atoms with Crippen molar-refractivity contribution in [2.45, 2.75) is 90.8 Å². The second-order valence-electron chi connectivity index (χ2n) is 9.77. The lowest BCUT2D eigenvalue weighted by Gasteiger charge is -2.42. The lowest BCUT2D eigenvalue weighted by atomic mass is 10.2. The molecule has 2 rings (SSSR count). The molecular weight excluding hydrogens is 361 g/mol. The maximum Gasteiger partial charge on any atom is 0.0886 e. The van der Waals surface area contributed by atoms with E-state index in [4.69, 9.17) is 0 Å². The number of para-hydroxylation sites is 1. The molecule has 27 heavy (non-hydrogen) atoms. The third-order valence-corrected chi connectivity index (χ3v) is 15.2. The average Bonchev–Trinajstić information content (AvgIpc) is 3.03. The molecular formula is C24H40NPSi. The first-order valence-electron chi connectivity index (χ1n) is 10.6. The lowest BCUT2D eigenvalue weighted by molar-refractivity contribution is 0.713. The average molecular weight is 402 g/mol. The highest BCUT2D eigenvalue weighted by molar-refractivity contribution is 7.68. The van der Waals surface area contributed by atoms with Gasteiger partial charge in [0.1, 0.15) is 0 Å². The summed E-state index contributed by atoms with van der Waals surface area (Å²) in [6, 6.07) is 17.9. The second kappa shape index (κ2) is 8.25. The Kier molecular flexibility index (Phi) is 6.86. The molecule has 0 spiro atoms. The minimum atomic E-state index is -1.46. The van der Waals surface area contributed by atoms with Gasteiger partial charge in [-0.3, -0.25) is 0 Å². The zero-order valence-electron chi connectivity index (χ0n) is 19.1. The molecule has 1 aromatic carbocycles. The quantitative estimate of drug-likeness (QED) is 0.366. The van der Waals surface area contributed by atoms with Crippen LogP contribution in [0.15, 0.2) is 42.6 Å². The summed E-state index contributed by atoms with van der Waals surface area (Å²) < 4.78 is 2.54. The van der Waals surface area contributed by atoms with Crippen molar-refractivity contribution in [3.05, 3.63) is 42.6 Å². The molecule has 0 aliphatic rings. The molecule has 0 radical (unpaired) electrons. The summed E-state index contributed by atoms with van der Waals surface area (Å²) in [4.78, 5) is 0. The monoisotopic (exact) mass is 401 g/mol. The van der Waals surface area contributed by atoms with Crippen LogP contribution in [0.3, 0.4) is 0 Å². The van der Waals surface area contributed by atoms with Gasteiger partial charge in [0, 0.05) is 17.3 Å². The minimum Gasteiger partial charge on any atom is -0.317 e. The molecule has 0 fully saturated rings. The van der Waals surface area contributed by atoms with Crippen LogP contribution in [0.2, 0.25) is 18.1 Å². The fourth-order valence-corrected chi connectivity index (χ4v) is 12.8. The molecule has 0 saturated heterocycles. The van der Waals surface area contributed by atoms with Gasteiger partial charge in [-0.1, -0.05) is 98.6 Å². The number of rotatable bonds is 6. The van der Waals surface area contributed by atoms with Crippen molar-refractivity contribution >= 4 is 26.6 Å².